The molecule has 2 heterocycles. The summed E-state index contributed by atoms with van der Waals surface area (Å²) in [5.74, 6) is -1.32. The SMILES string of the molecule is C[C@]12C(=O)O[C@H]([C@H]3O[C@]34[C@@H]3CC[C@@]5(CO)C[C@@]3(CC5=O)[C@@H](C(=O)NCC3CCCCC3)[C@H]14)[C@@H]2O. The molecule has 2 saturated heterocycles. The molecule has 0 aromatic carbocycles. The van der Waals surface area contributed by atoms with Crippen LogP contribution in [-0.4, -0.2) is 64.9 Å². The van der Waals surface area contributed by atoms with E-state index in [9.17, 15) is 24.6 Å². The molecule has 0 aromatic rings. The second kappa shape index (κ2) is 6.62. The maximum Gasteiger partial charge on any atom is 0.315 e. The van der Waals surface area contributed by atoms with Crippen molar-refractivity contribution in [1.82, 2.24) is 5.32 Å². The van der Waals surface area contributed by atoms with E-state index in [2.05, 4.69) is 5.32 Å². The molecule has 3 N–H and O–H groups in total. The number of Topliss-reactive ketones (excluding diaryl/α,β-unsaturated/α-hetero) is 1. The Hall–Kier alpha value is -1.51. The van der Waals surface area contributed by atoms with Gasteiger partial charge in [-0.1, -0.05) is 19.3 Å². The molecular formula is C26H35NO7. The molecule has 0 aromatic heterocycles. The number of ketones is 1. The van der Waals surface area contributed by atoms with Crippen molar-refractivity contribution >= 4 is 17.7 Å². The van der Waals surface area contributed by atoms with Crippen LogP contribution in [0.15, 0.2) is 0 Å². The van der Waals surface area contributed by atoms with E-state index in [1.165, 1.54) is 19.3 Å². The first-order valence-corrected chi connectivity index (χ1v) is 13.2. The van der Waals surface area contributed by atoms with Crippen LogP contribution in [0.5, 0.6) is 0 Å². The standard InChI is InChI=1S/C26H35NO7/c1-23-18-16(21(31)27-10-13-5-3-2-4-6-13)25-9-15(29)24(11-25,12-28)8-7-14(25)26(18)20(34-26)17(19(23)30)33-22(23)32/h13-14,16-20,28,30H,2-12H2,1H3,(H,27,31)/t14-,16-,17+,18-,19+,20-,23+,24+,25-,26+/m1/s1. The first-order chi connectivity index (χ1) is 16.2. The molecule has 5 saturated carbocycles. The second-order valence-electron chi connectivity index (χ2n) is 12.7. The number of nitrogens with one attached hydrogen (secondary N) is 1. The number of amides is 1. The molecule has 0 unspecified atom stereocenters. The van der Waals surface area contributed by atoms with Gasteiger partial charge in [0.2, 0.25) is 5.91 Å². The lowest BCUT2D eigenvalue weighted by Gasteiger charge is -2.43. The molecule has 0 radical (unpaired) electrons. The van der Waals surface area contributed by atoms with E-state index in [4.69, 9.17) is 9.47 Å². The summed E-state index contributed by atoms with van der Waals surface area (Å²) >= 11 is 0. The van der Waals surface area contributed by atoms with Gasteiger partial charge in [0.25, 0.3) is 0 Å². The van der Waals surface area contributed by atoms with E-state index in [0.717, 1.165) is 12.8 Å². The first-order valence-electron chi connectivity index (χ1n) is 13.2. The molecule has 186 valence electrons. The zero-order valence-corrected chi connectivity index (χ0v) is 19.8. The number of hydrogen-bond donors (Lipinski definition) is 3. The van der Waals surface area contributed by atoms with Crippen LogP contribution in [-0.2, 0) is 23.9 Å². The lowest BCUT2D eigenvalue weighted by atomic mass is 9.59. The van der Waals surface area contributed by atoms with E-state index in [1.54, 1.807) is 6.92 Å². The molecule has 2 spiro atoms. The molecular weight excluding hydrogens is 438 g/mol. The Balaban J connectivity index is 1.32. The summed E-state index contributed by atoms with van der Waals surface area (Å²) < 4.78 is 12.0. The van der Waals surface area contributed by atoms with Crippen molar-refractivity contribution in [3.05, 3.63) is 0 Å². The van der Waals surface area contributed by atoms with E-state index >= 15 is 0 Å². The molecule has 8 nitrogen and oxygen atoms in total. The number of hydrogen-bond acceptors (Lipinski definition) is 7. The largest absolute Gasteiger partial charge is 0.456 e. The van der Waals surface area contributed by atoms with Crippen molar-refractivity contribution < 1.29 is 34.1 Å². The predicted octanol–water partition coefficient (Wildman–Crippen LogP) is 1.11. The van der Waals surface area contributed by atoms with E-state index < -0.39 is 58.0 Å². The van der Waals surface area contributed by atoms with Gasteiger partial charge in [0.1, 0.15) is 29.0 Å². The molecule has 5 aliphatic carbocycles. The van der Waals surface area contributed by atoms with Gasteiger partial charge in [-0.25, -0.2) is 0 Å². The van der Waals surface area contributed by atoms with Gasteiger partial charge in [0.05, 0.1) is 17.9 Å². The number of carbonyl (C=O) groups is 3. The van der Waals surface area contributed by atoms with Crippen LogP contribution < -0.4 is 5.32 Å². The molecule has 1 amide bonds. The predicted molar refractivity (Wildman–Crippen MR) is 117 cm³/mol. The van der Waals surface area contributed by atoms with Gasteiger partial charge in [0.15, 0.2) is 6.10 Å². The summed E-state index contributed by atoms with van der Waals surface area (Å²) in [6, 6.07) is 0. The van der Waals surface area contributed by atoms with Crippen molar-refractivity contribution in [2.45, 2.75) is 88.6 Å². The smallest absolute Gasteiger partial charge is 0.315 e. The number of ether oxygens (including phenoxy) is 2. The molecule has 7 fully saturated rings. The molecule has 8 heteroatoms. The average molecular weight is 474 g/mol. The van der Waals surface area contributed by atoms with Crippen LogP contribution in [0.2, 0.25) is 0 Å². The fourth-order valence-electron chi connectivity index (χ4n) is 9.93. The van der Waals surface area contributed by atoms with Crippen LogP contribution in [0.4, 0.5) is 0 Å². The quantitative estimate of drug-likeness (QED) is 0.413. The third-order valence-corrected chi connectivity index (χ3v) is 11.5. The maximum atomic E-state index is 14.1. The number of rotatable bonds is 4. The molecule has 7 aliphatic rings. The molecule has 34 heavy (non-hydrogen) atoms. The summed E-state index contributed by atoms with van der Waals surface area (Å²) in [5.41, 5.74) is -3.42. The summed E-state index contributed by atoms with van der Waals surface area (Å²) in [6.07, 6.45) is 5.60. The van der Waals surface area contributed by atoms with Gasteiger partial charge in [-0.3, -0.25) is 14.4 Å². The van der Waals surface area contributed by atoms with Crippen LogP contribution in [0.25, 0.3) is 0 Å². The summed E-state index contributed by atoms with van der Waals surface area (Å²) in [4.78, 5) is 40.6. The van der Waals surface area contributed by atoms with Crippen molar-refractivity contribution in [3.8, 4) is 0 Å². The third-order valence-electron chi connectivity index (χ3n) is 11.5. The summed E-state index contributed by atoms with van der Waals surface area (Å²) in [5, 5.41) is 24.7. The topological polar surface area (TPSA) is 125 Å². The normalized spacial score (nSPS) is 54.8. The van der Waals surface area contributed by atoms with Gasteiger partial charge in [-0.05, 0) is 56.3 Å². The second-order valence-corrected chi connectivity index (χ2v) is 12.7. The number of fused-ring (bicyclic) bond motifs is 5. The minimum absolute atomic E-state index is 0.0354. The Kier molecular flexibility index (Phi) is 4.24. The van der Waals surface area contributed by atoms with Crippen LogP contribution in [0, 0.1) is 39.9 Å². The van der Waals surface area contributed by atoms with Crippen molar-refractivity contribution in [3.63, 3.8) is 0 Å². The Bertz CT molecular complexity index is 978. The van der Waals surface area contributed by atoms with Gasteiger partial charge in [-0.15, -0.1) is 0 Å². The fraction of sp³-hybridized carbons (Fsp3) is 0.885. The summed E-state index contributed by atoms with van der Waals surface area (Å²) in [6.45, 7) is 2.13. The van der Waals surface area contributed by atoms with Gasteiger partial charge in [-0.2, -0.15) is 0 Å². The Morgan fingerprint density at radius 2 is 1.94 bits per heavy atom. The first kappa shape index (κ1) is 21.7. The zero-order chi connectivity index (χ0) is 23.7. The lowest BCUT2D eigenvalue weighted by molar-refractivity contribution is -0.154. The van der Waals surface area contributed by atoms with Gasteiger partial charge < -0.3 is 25.0 Å². The van der Waals surface area contributed by atoms with Crippen molar-refractivity contribution in [1.29, 1.82) is 0 Å². The maximum absolute atomic E-state index is 14.1. The highest BCUT2D eigenvalue weighted by Gasteiger charge is 2.92. The number of carbonyl (C=O) groups excluding carboxylic acids is 3. The number of esters is 1. The van der Waals surface area contributed by atoms with Crippen LogP contribution in [0.3, 0.4) is 0 Å². The Labute approximate surface area is 199 Å². The summed E-state index contributed by atoms with van der Waals surface area (Å²) in [7, 11) is 0. The average Bonchev–Trinajstić information content (AvgIpc) is 3.40. The minimum atomic E-state index is -1.25. The molecule has 4 bridgehead atoms. The van der Waals surface area contributed by atoms with E-state index in [1.807, 2.05) is 0 Å². The third kappa shape index (κ3) is 2.25. The highest BCUT2D eigenvalue weighted by Crippen LogP contribution is 2.81. The number of aliphatic hydroxyl groups excluding tert-OH is 2. The van der Waals surface area contributed by atoms with Crippen molar-refractivity contribution in [2.24, 2.45) is 39.9 Å². The minimum Gasteiger partial charge on any atom is -0.456 e. The lowest BCUT2D eigenvalue weighted by Crippen LogP contribution is -2.57. The van der Waals surface area contributed by atoms with Crippen LogP contribution >= 0.6 is 0 Å². The fourth-order valence-corrected chi connectivity index (χ4v) is 9.93. The highest BCUT2D eigenvalue weighted by atomic mass is 16.7. The van der Waals surface area contributed by atoms with Gasteiger partial charge >= 0.3 is 5.97 Å². The van der Waals surface area contributed by atoms with E-state index in [-0.39, 0.29) is 30.6 Å². The number of epoxide rings is 1. The van der Waals surface area contributed by atoms with Gasteiger partial charge in [0, 0.05) is 18.9 Å². The molecule has 7 rings (SSSR count). The van der Waals surface area contributed by atoms with Crippen molar-refractivity contribution in [2.75, 3.05) is 13.2 Å². The monoisotopic (exact) mass is 473 g/mol. The van der Waals surface area contributed by atoms with E-state index in [0.29, 0.717) is 31.7 Å². The Morgan fingerprint density at radius 1 is 1.18 bits per heavy atom. The zero-order valence-electron chi connectivity index (χ0n) is 19.8. The molecule has 10 atom stereocenters. The molecule has 2 aliphatic heterocycles. The number of aliphatic hydroxyl groups is 2. The Morgan fingerprint density at radius 3 is 2.68 bits per heavy atom. The van der Waals surface area contributed by atoms with Crippen LogP contribution in [0.1, 0.15) is 64.7 Å². The highest BCUT2D eigenvalue weighted by molar-refractivity contribution is 5.93.